The van der Waals surface area contributed by atoms with Gasteiger partial charge in [-0.15, -0.1) is 0 Å². The lowest BCUT2D eigenvalue weighted by atomic mass is 10.7. The van der Waals surface area contributed by atoms with E-state index < -0.39 is 11.9 Å². The van der Waals surface area contributed by atoms with Crippen LogP contribution in [0.5, 0.6) is 0 Å². The third-order valence-electron chi connectivity index (χ3n) is 0.437. The van der Waals surface area contributed by atoms with Crippen molar-refractivity contribution in [2.45, 2.75) is 0 Å². The Balaban J connectivity index is 3.73. The Bertz CT molecular complexity index is 145. The van der Waals surface area contributed by atoms with Crippen molar-refractivity contribution in [1.82, 2.24) is 0 Å². The van der Waals surface area contributed by atoms with Crippen molar-refractivity contribution in [3.63, 3.8) is 0 Å². The van der Waals surface area contributed by atoms with E-state index in [-0.39, 0.29) is 0 Å². The number of rotatable bonds is 2. The summed E-state index contributed by atoms with van der Waals surface area (Å²) in [5, 5.41) is 12.5. The number of carbonyl (C=O) groups excluding carboxylic acids is 2. The Morgan fingerprint density at radius 1 is 1.11 bits per heavy atom. The van der Waals surface area contributed by atoms with Crippen molar-refractivity contribution >= 4 is 24.4 Å². The number of carbonyl (C=O) groups is 2. The summed E-state index contributed by atoms with van der Waals surface area (Å²) >= 11 is 0. The molecule has 0 aromatic carbocycles. The lowest BCUT2D eigenvalue weighted by Crippen LogP contribution is -2.12. The average Bonchev–Trinajstić information content (AvgIpc) is 1.87. The van der Waals surface area contributed by atoms with Crippen molar-refractivity contribution in [2.24, 2.45) is 0 Å². The summed E-state index contributed by atoms with van der Waals surface area (Å²) in [6, 6.07) is 0. The molecule has 0 fully saturated rings. The zero-order valence-corrected chi connectivity index (χ0v) is 4.38. The third-order valence-corrected chi connectivity index (χ3v) is 0.437. The topological polar surface area (TPSA) is 91.1 Å². The van der Waals surface area contributed by atoms with Crippen LogP contribution in [-0.2, 0) is 14.3 Å². The second-order valence-electron chi connectivity index (χ2n) is 1.03. The molecule has 0 rings (SSSR count). The van der Waals surface area contributed by atoms with E-state index in [0.717, 1.165) is 0 Å². The third kappa shape index (κ3) is 3.10. The first kappa shape index (κ1) is 7.48. The molecule has 0 aromatic rings. The molecule has 0 aliphatic rings. The quantitative estimate of drug-likeness (QED) is 0.294. The summed E-state index contributed by atoms with van der Waals surface area (Å²) in [7, 11) is 0. The molecule has 0 aliphatic heterocycles. The van der Waals surface area contributed by atoms with Crippen LogP contribution in [0.15, 0.2) is 0 Å². The molecular weight excluding hydrogens is 124 g/mol. The summed E-state index contributed by atoms with van der Waals surface area (Å²) < 4.78 is 3.78. The normalized spacial score (nSPS) is 7.56. The van der Waals surface area contributed by atoms with Gasteiger partial charge >= 0.3 is 11.9 Å². The highest BCUT2D eigenvalue weighted by Crippen LogP contribution is 1.71. The van der Waals surface area contributed by atoms with Gasteiger partial charge in [0.25, 0.3) is 0 Å². The fourth-order valence-corrected chi connectivity index (χ4v) is 0.158. The molecule has 0 aromatic heterocycles. The second kappa shape index (κ2) is 3.48. The highest BCUT2D eigenvalue weighted by atomic mass is 16.6. The van der Waals surface area contributed by atoms with E-state index in [1.54, 1.807) is 0 Å². The van der Waals surface area contributed by atoms with Gasteiger partial charge in [-0.2, -0.15) is 0 Å². The zero-order chi connectivity index (χ0) is 7.28. The monoisotopic (exact) mass is 128 g/mol. The van der Waals surface area contributed by atoms with Crippen LogP contribution in [0, 0.1) is 10.8 Å². The zero-order valence-electron chi connectivity index (χ0n) is 4.38. The molecule has 0 saturated heterocycles. The molecule has 5 nitrogen and oxygen atoms in total. The first-order valence-electron chi connectivity index (χ1n) is 1.97. The van der Waals surface area contributed by atoms with E-state index in [9.17, 15) is 9.59 Å². The summed E-state index contributed by atoms with van der Waals surface area (Å²) in [4.78, 5) is 20.0. The molecule has 0 aliphatic carbocycles. The highest BCUT2D eigenvalue weighted by Gasteiger charge is 2.01. The molecular formula is C4H4N2O3. The lowest BCUT2D eigenvalue weighted by Gasteiger charge is -1.88. The first-order valence-corrected chi connectivity index (χ1v) is 1.97. The maximum Gasteiger partial charge on any atom is 0.356 e. The van der Waals surface area contributed by atoms with Crippen molar-refractivity contribution in [3.8, 4) is 0 Å². The molecule has 9 heavy (non-hydrogen) atoms. The van der Waals surface area contributed by atoms with Crippen LogP contribution in [0.4, 0.5) is 0 Å². The van der Waals surface area contributed by atoms with Crippen molar-refractivity contribution in [2.75, 3.05) is 0 Å². The minimum absolute atomic E-state index is 0.349. The number of hydrogen-bond donors (Lipinski definition) is 2. The Hall–Kier alpha value is -1.52. The maximum absolute atomic E-state index is 9.99. The van der Waals surface area contributed by atoms with Gasteiger partial charge in [-0.1, -0.05) is 0 Å². The summed E-state index contributed by atoms with van der Waals surface area (Å²) in [6.07, 6.45) is 0.697. The Labute approximate surface area is 50.6 Å². The van der Waals surface area contributed by atoms with E-state index in [1.807, 2.05) is 0 Å². The Morgan fingerprint density at radius 2 is 1.44 bits per heavy atom. The van der Waals surface area contributed by atoms with Gasteiger partial charge in [0.05, 0.1) is 0 Å². The summed E-state index contributed by atoms with van der Waals surface area (Å²) in [5.74, 6) is -2.13. The minimum atomic E-state index is -1.07. The van der Waals surface area contributed by atoms with Gasteiger partial charge < -0.3 is 15.6 Å². The Kier molecular flexibility index (Phi) is 2.89. The van der Waals surface area contributed by atoms with Crippen LogP contribution in [0.3, 0.4) is 0 Å². The van der Waals surface area contributed by atoms with E-state index in [4.69, 9.17) is 10.8 Å². The van der Waals surface area contributed by atoms with Crippen molar-refractivity contribution in [3.05, 3.63) is 0 Å². The molecule has 0 spiro atoms. The molecule has 0 atom stereocenters. The van der Waals surface area contributed by atoms with Crippen LogP contribution in [0.2, 0.25) is 0 Å². The number of esters is 2. The van der Waals surface area contributed by atoms with Crippen LogP contribution in [-0.4, -0.2) is 24.4 Å². The molecule has 0 heterocycles. The van der Waals surface area contributed by atoms with E-state index in [2.05, 4.69) is 4.74 Å². The van der Waals surface area contributed by atoms with Crippen molar-refractivity contribution < 1.29 is 14.3 Å². The van der Waals surface area contributed by atoms with E-state index in [1.165, 1.54) is 0 Å². The second-order valence-corrected chi connectivity index (χ2v) is 1.03. The smallest absolute Gasteiger partial charge is 0.356 e. The van der Waals surface area contributed by atoms with Gasteiger partial charge in [-0.3, -0.25) is 0 Å². The number of nitrogens with one attached hydrogen (secondary N) is 2. The van der Waals surface area contributed by atoms with Crippen LogP contribution < -0.4 is 0 Å². The summed E-state index contributed by atoms with van der Waals surface area (Å²) in [6.45, 7) is 0. The summed E-state index contributed by atoms with van der Waals surface area (Å²) in [5.41, 5.74) is 0. The molecule has 48 valence electrons. The molecule has 0 amide bonds. The molecule has 2 N–H and O–H groups in total. The van der Waals surface area contributed by atoms with Gasteiger partial charge in [0, 0.05) is 0 Å². The van der Waals surface area contributed by atoms with Crippen LogP contribution in [0.1, 0.15) is 0 Å². The van der Waals surface area contributed by atoms with Crippen molar-refractivity contribution in [1.29, 1.82) is 10.8 Å². The molecule has 5 heteroatoms. The van der Waals surface area contributed by atoms with Gasteiger partial charge in [0.1, 0.15) is 12.4 Å². The largest absolute Gasteiger partial charge is 0.384 e. The van der Waals surface area contributed by atoms with E-state index in [0.29, 0.717) is 12.4 Å². The molecule has 0 bridgehead atoms. The van der Waals surface area contributed by atoms with Gasteiger partial charge in [-0.05, 0) is 0 Å². The highest BCUT2D eigenvalue weighted by molar-refractivity contribution is 6.31. The fourth-order valence-electron chi connectivity index (χ4n) is 0.158. The Morgan fingerprint density at radius 3 is 1.67 bits per heavy atom. The predicted molar refractivity (Wildman–Crippen MR) is 28.7 cm³/mol. The van der Waals surface area contributed by atoms with Gasteiger partial charge in [-0.25, -0.2) is 9.59 Å². The SMILES string of the molecule is N=CC(=O)OC(=O)C=N. The molecule has 0 radical (unpaired) electrons. The van der Waals surface area contributed by atoms with E-state index >= 15 is 0 Å². The predicted octanol–water partition coefficient (Wildman–Crippen LogP) is -0.645. The van der Waals surface area contributed by atoms with Gasteiger partial charge in [0.15, 0.2) is 0 Å². The first-order chi connectivity index (χ1) is 4.20. The molecule has 0 unspecified atom stereocenters. The van der Waals surface area contributed by atoms with Gasteiger partial charge in [0.2, 0.25) is 0 Å². The standard InChI is InChI=1S/C4H4N2O3/c5-1-3(7)9-4(8)2-6/h1-2,5-6H. The number of hydrogen-bond acceptors (Lipinski definition) is 5. The number of ether oxygens (including phenoxy) is 1. The molecule has 0 saturated carbocycles. The average molecular weight is 128 g/mol. The fraction of sp³-hybridized carbons (Fsp3) is 0. The minimum Gasteiger partial charge on any atom is -0.384 e. The lowest BCUT2D eigenvalue weighted by molar-refractivity contribution is -0.149. The van der Waals surface area contributed by atoms with Crippen LogP contribution in [0.25, 0.3) is 0 Å². The maximum atomic E-state index is 9.99. The van der Waals surface area contributed by atoms with Crippen LogP contribution >= 0.6 is 0 Å².